The van der Waals surface area contributed by atoms with Gasteiger partial charge in [-0.15, -0.1) is 11.6 Å². The lowest BCUT2D eigenvalue weighted by Gasteiger charge is -2.08. The second-order valence-electron chi connectivity index (χ2n) is 2.96. The number of halogens is 2. The molecule has 1 rings (SSSR count). The highest BCUT2D eigenvalue weighted by Crippen LogP contribution is 2.15. The van der Waals surface area contributed by atoms with Gasteiger partial charge in [-0.1, -0.05) is 0 Å². The molecule has 1 atom stereocenters. The fraction of sp³-hybridized carbons (Fsp3) is 0.300. The first-order valence-corrected chi connectivity index (χ1v) is 4.80. The van der Waals surface area contributed by atoms with Gasteiger partial charge in [-0.05, 0) is 36.5 Å². The van der Waals surface area contributed by atoms with Crippen LogP contribution in [-0.2, 0) is 0 Å². The molecule has 0 spiro atoms. The number of ketones is 1. The van der Waals surface area contributed by atoms with Crippen molar-refractivity contribution in [2.75, 3.05) is 5.88 Å². The van der Waals surface area contributed by atoms with E-state index in [0.29, 0.717) is 17.9 Å². The molecule has 0 saturated heterocycles. The molecule has 1 aromatic carbocycles. The molecule has 4 heteroatoms. The molecule has 2 radical (unpaired) electrons. The van der Waals surface area contributed by atoms with Crippen LogP contribution in [0, 0.1) is 5.82 Å². The number of carbonyl (C=O) groups excluding carboxylic acids is 1. The van der Waals surface area contributed by atoms with Gasteiger partial charge in [-0.25, -0.2) is 4.39 Å². The molecule has 0 aliphatic carbocycles. The van der Waals surface area contributed by atoms with Gasteiger partial charge in [0.1, 0.15) is 5.82 Å². The molecule has 0 aromatic heterocycles. The van der Waals surface area contributed by atoms with Crippen molar-refractivity contribution < 1.29 is 9.18 Å². The van der Waals surface area contributed by atoms with E-state index in [9.17, 15) is 9.18 Å². The van der Waals surface area contributed by atoms with Gasteiger partial charge in [0.25, 0.3) is 0 Å². The van der Waals surface area contributed by atoms with Gasteiger partial charge in [0.15, 0.2) is 5.78 Å². The zero-order valence-corrected chi connectivity index (χ0v) is 8.30. The Bertz CT molecular complexity index is 312. The van der Waals surface area contributed by atoms with Gasteiger partial charge in [0, 0.05) is 11.4 Å². The Morgan fingerprint density at radius 3 is 2.50 bits per heavy atom. The zero-order valence-electron chi connectivity index (χ0n) is 7.54. The van der Waals surface area contributed by atoms with E-state index in [1.54, 1.807) is 0 Å². The second-order valence-corrected chi connectivity index (χ2v) is 3.33. The Morgan fingerprint density at radius 1 is 1.43 bits per heavy atom. The van der Waals surface area contributed by atoms with Crippen LogP contribution >= 0.6 is 11.6 Å². The molecule has 0 amide bonds. The summed E-state index contributed by atoms with van der Waals surface area (Å²) in [5.74, 6) is -0.829. The van der Waals surface area contributed by atoms with Gasteiger partial charge in [-0.3, -0.25) is 4.79 Å². The van der Waals surface area contributed by atoms with E-state index in [0.717, 1.165) is 0 Å². The van der Waals surface area contributed by atoms with Gasteiger partial charge in [0.05, 0.1) is 7.85 Å². The van der Waals surface area contributed by atoms with Crippen LogP contribution in [0.3, 0.4) is 0 Å². The van der Waals surface area contributed by atoms with E-state index < -0.39 is 5.82 Å². The van der Waals surface area contributed by atoms with E-state index in [4.69, 9.17) is 19.4 Å². The highest BCUT2D eigenvalue weighted by molar-refractivity contribution is 6.28. The number of Topliss-reactive ketones (excluding diaryl/α,β-unsaturated/α-hetero) is 1. The molecule has 1 nitrogen and oxygen atoms in total. The summed E-state index contributed by atoms with van der Waals surface area (Å²) in [5, 5.41) is 0. The molecule has 0 saturated carbocycles. The topological polar surface area (TPSA) is 17.1 Å². The largest absolute Gasteiger partial charge is 0.295 e. The predicted molar refractivity (Wildman–Crippen MR) is 55.6 cm³/mol. The molecule has 1 aromatic rings. The Balaban J connectivity index is 2.74. The highest BCUT2D eigenvalue weighted by Gasteiger charge is 2.13. The van der Waals surface area contributed by atoms with Gasteiger partial charge >= 0.3 is 0 Å². The predicted octanol–water partition coefficient (Wildman–Crippen LogP) is 2.59. The van der Waals surface area contributed by atoms with Gasteiger partial charge in [-0.2, -0.15) is 0 Å². The average Bonchev–Trinajstić information content (AvgIpc) is 2.18. The van der Waals surface area contributed by atoms with Crippen molar-refractivity contribution >= 4 is 25.2 Å². The first-order chi connectivity index (χ1) is 6.65. The summed E-state index contributed by atoms with van der Waals surface area (Å²) in [5.41, 5.74) is 0.420. The first-order valence-electron chi connectivity index (χ1n) is 4.26. The monoisotopic (exact) mass is 210 g/mol. The van der Waals surface area contributed by atoms with E-state index in [1.165, 1.54) is 24.3 Å². The van der Waals surface area contributed by atoms with Crippen LogP contribution in [0.4, 0.5) is 4.39 Å². The molecular formula is C10H9BClFO. The van der Waals surface area contributed by atoms with Crippen molar-refractivity contribution in [1.29, 1.82) is 0 Å². The van der Waals surface area contributed by atoms with Crippen LogP contribution in [0.15, 0.2) is 24.3 Å². The average molecular weight is 210 g/mol. The molecule has 72 valence electrons. The standard InChI is InChI=1S/C10H9BClFO/c11-9(5-6-12)10(14)7-1-3-8(13)4-2-7/h1-4,9H,5-6H2. The van der Waals surface area contributed by atoms with E-state index in [-0.39, 0.29) is 11.6 Å². The van der Waals surface area contributed by atoms with Crippen LogP contribution in [0.5, 0.6) is 0 Å². The molecule has 1 unspecified atom stereocenters. The number of alkyl halides is 1. The molecule has 0 fully saturated rings. The first kappa shape index (κ1) is 11.3. The second kappa shape index (κ2) is 5.15. The van der Waals surface area contributed by atoms with Crippen LogP contribution in [0.2, 0.25) is 5.82 Å². The summed E-state index contributed by atoms with van der Waals surface area (Å²) >= 11 is 5.46. The third kappa shape index (κ3) is 2.84. The number of carbonyl (C=O) groups is 1. The lowest BCUT2D eigenvalue weighted by atomic mass is 9.79. The third-order valence-corrected chi connectivity index (χ3v) is 2.10. The molecule has 0 N–H and O–H groups in total. The minimum Gasteiger partial charge on any atom is -0.295 e. The summed E-state index contributed by atoms with van der Waals surface area (Å²) < 4.78 is 12.5. The Kier molecular flexibility index (Phi) is 4.14. The smallest absolute Gasteiger partial charge is 0.157 e. The molecular weight excluding hydrogens is 201 g/mol. The number of benzene rings is 1. The maximum absolute atomic E-state index is 12.5. The minimum atomic E-state index is -0.599. The van der Waals surface area contributed by atoms with Crippen molar-refractivity contribution in [1.82, 2.24) is 0 Å². The normalized spacial score (nSPS) is 12.4. The van der Waals surface area contributed by atoms with Gasteiger partial charge < -0.3 is 0 Å². The third-order valence-electron chi connectivity index (χ3n) is 1.89. The quantitative estimate of drug-likeness (QED) is 0.424. The lowest BCUT2D eigenvalue weighted by Crippen LogP contribution is -2.09. The van der Waals surface area contributed by atoms with E-state index in [2.05, 4.69) is 0 Å². The van der Waals surface area contributed by atoms with E-state index in [1.807, 2.05) is 0 Å². The minimum absolute atomic E-state index is 0.203. The van der Waals surface area contributed by atoms with Crippen molar-refractivity contribution in [2.45, 2.75) is 12.2 Å². The SMILES string of the molecule is [B]C(CCCl)C(=O)c1ccc(F)cc1. The van der Waals surface area contributed by atoms with Crippen LogP contribution in [0.1, 0.15) is 16.8 Å². The molecule has 14 heavy (non-hydrogen) atoms. The maximum atomic E-state index is 12.5. The number of hydrogen-bond acceptors (Lipinski definition) is 1. The molecule has 0 bridgehead atoms. The molecule has 0 aliphatic rings. The summed E-state index contributed by atoms with van der Waals surface area (Å²) in [7, 11) is 5.57. The number of rotatable bonds is 4. The van der Waals surface area contributed by atoms with Gasteiger partial charge in [0.2, 0.25) is 0 Å². The van der Waals surface area contributed by atoms with Crippen LogP contribution in [0.25, 0.3) is 0 Å². The lowest BCUT2D eigenvalue weighted by molar-refractivity contribution is 0.0982. The van der Waals surface area contributed by atoms with Crippen molar-refractivity contribution in [3.8, 4) is 0 Å². The van der Waals surface area contributed by atoms with Crippen molar-refractivity contribution in [3.63, 3.8) is 0 Å². The Hall–Kier alpha value is -0.825. The zero-order chi connectivity index (χ0) is 10.6. The fourth-order valence-corrected chi connectivity index (χ4v) is 1.31. The number of hydrogen-bond donors (Lipinski definition) is 0. The molecule has 0 aliphatic heterocycles. The van der Waals surface area contributed by atoms with Crippen molar-refractivity contribution in [3.05, 3.63) is 35.6 Å². The Morgan fingerprint density at radius 2 is 2.00 bits per heavy atom. The summed E-state index contributed by atoms with van der Waals surface area (Å²) in [6.07, 6.45) is 0.428. The summed E-state index contributed by atoms with van der Waals surface area (Å²) in [6.45, 7) is 0. The van der Waals surface area contributed by atoms with E-state index >= 15 is 0 Å². The van der Waals surface area contributed by atoms with Crippen LogP contribution < -0.4 is 0 Å². The van der Waals surface area contributed by atoms with Crippen molar-refractivity contribution in [2.24, 2.45) is 0 Å². The Labute approximate surface area is 88.7 Å². The summed E-state index contributed by atoms with van der Waals surface area (Å²) in [4.78, 5) is 11.5. The maximum Gasteiger partial charge on any atom is 0.157 e. The molecule has 0 heterocycles. The fourth-order valence-electron chi connectivity index (χ4n) is 1.08. The highest BCUT2D eigenvalue weighted by atomic mass is 35.5. The van der Waals surface area contributed by atoms with Crippen LogP contribution in [-0.4, -0.2) is 19.5 Å². The summed E-state index contributed by atoms with van der Waals surface area (Å²) in [6, 6.07) is 5.32.